The molecule has 22 heavy (non-hydrogen) atoms. The molecular weight excluding hydrogens is 321 g/mol. The van der Waals surface area contributed by atoms with E-state index in [1.165, 1.54) is 6.07 Å². The van der Waals surface area contributed by atoms with Crippen LogP contribution in [0.1, 0.15) is 24.0 Å². The Bertz CT molecular complexity index is 689. The van der Waals surface area contributed by atoms with E-state index in [1.807, 2.05) is 0 Å². The molecule has 1 aliphatic rings. The first-order chi connectivity index (χ1) is 10.2. The van der Waals surface area contributed by atoms with Gasteiger partial charge in [0.05, 0.1) is 28.2 Å². The van der Waals surface area contributed by atoms with Crippen molar-refractivity contribution in [3.8, 4) is 6.07 Å². The van der Waals surface area contributed by atoms with Gasteiger partial charge in [0.1, 0.15) is 0 Å². The minimum atomic E-state index is -4.80. The van der Waals surface area contributed by atoms with Crippen molar-refractivity contribution in [1.82, 2.24) is 4.72 Å². The zero-order chi connectivity index (χ0) is 16.4. The van der Waals surface area contributed by atoms with E-state index in [-0.39, 0.29) is 12.6 Å². The van der Waals surface area contributed by atoms with Gasteiger partial charge in [-0.3, -0.25) is 0 Å². The van der Waals surface area contributed by atoms with Gasteiger partial charge in [-0.2, -0.15) is 18.4 Å². The highest BCUT2D eigenvalue weighted by Gasteiger charge is 2.35. The molecule has 1 fully saturated rings. The van der Waals surface area contributed by atoms with E-state index in [0.29, 0.717) is 19.1 Å². The van der Waals surface area contributed by atoms with Crippen molar-refractivity contribution >= 4 is 10.0 Å². The van der Waals surface area contributed by atoms with Gasteiger partial charge in [0.15, 0.2) is 0 Å². The second kappa shape index (κ2) is 6.24. The zero-order valence-corrected chi connectivity index (χ0v) is 12.2. The van der Waals surface area contributed by atoms with Crippen LogP contribution in [-0.4, -0.2) is 27.7 Å². The van der Waals surface area contributed by atoms with Crippen molar-refractivity contribution < 1.29 is 26.3 Å². The van der Waals surface area contributed by atoms with Gasteiger partial charge in [0, 0.05) is 13.2 Å². The second-order valence-electron chi connectivity index (χ2n) is 4.80. The lowest BCUT2D eigenvalue weighted by Crippen LogP contribution is -2.32. The molecule has 1 saturated heterocycles. The van der Waals surface area contributed by atoms with Crippen LogP contribution < -0.4 is 4.72 Å². The van der Waals surface area contributed by atoms with Gasteiger partial charge in [-0.15, -0.1) is 0 Å². The fourth-order valence-electron chi connectivity index (χ4n) is 2.11. The van der Waals surface area contributed by atoms with E-state index >= 15 is 0 Å². The van der Waals surface area contributed by atoms with Crippen LogP contribution in [0.5, 0.6) is 0 Å². The standard InChI is InChI=1S/C13H13F3N2O3S/c14-13(15,16)12-6-11(4-3-9(12)7-17)22(19,20)18-8-10-2-1-5-21-10/h3-4,6,10,18H,1-2,5,8H2/t10-/m0/s1. The third-order valence-electron chi connectivity index (χ3n) is 3.25. The molecule has 0 aromatic heterocycles. The van der Waals surface area contributed by atoms with Crippen LogP contribution in [-0.2, 0) is 20.9 Å². The molecule has 120 valence electrons. The summed E-state index contributed by atoms with van der Waals surface area (Å²) in [6.45, 7) is 0.547. The molecule has 0 bridgehead atoms. The third-order valence-corrected chi connectivity index (χ3v) is 4.67. The number of hydrogen-bond acceptors (Lipinski definition) is 4. The number of nitriles is 1. The van der Waals surface area contributed by atoms with Crippen molar-refractivity contribution in [2.24, 2.45) is 0 Å². The van der Waals surface area contributed by atoms with Gasteiger partial charge in [-0.25, -0.2) is 13.1 Å². The number of hydrogen-bond donors (Lipinski definition) is 1. The number of nitrogens with one attached hydrogen (secondary N) is 1. The lowest BCUT2D eigenvalue weighted by atomic mass is 10.1. The van der Waals surface area contributed by atoms with Gasteiger partial charge < -0.3 is 4.74 Å². The summed E-state index contributed by atoms with van der Waals surface area (Å²) in [4.78, 5) is -0.531. The zero-order valence-electron chi connectivity index (χ0n) is 11.4. The largest absolute Gasteiger partial charge is 0.417 e. The Balaban J connectivity index is 2.25. The summed E-state index contributed by atoms with van der Waals surface area (Å²) in [6, 6.07) is 3.70. The van der Waals surface area contributed by atoms with Gasteiger partial charge in [-0.1, -0.05) is 0 Å². The Morgan fingerprint density at radius 2 is 2.14 bits per heavy atom. The summed E-state index contributed by atoms with van der Waals surface area (Å²) in [5.41, 5.74) is -1.89. The number of sulfonamides is 1. The van der Waals surface area contributed by atoms with E-state index < -0.39 is 32.2 Å². The molecule has 9 heteroatoms. The highest BCUT2D eigenvalue weighted by atomic mass is 32.2. The highest BCUT2D eigenvalue weighted by molar-refractivity contribution is 7.89. The summed E-state index contributed by atoms with van der Waals surface area (Å²) in [5, 5.41) is 8.69. The van der Waals surface area contributed by atoms with E-state index in [1.54, 1.807) is 0 Å². The quantitative estimate of drug-likeness (QED) is 0.914. The van der Waals surface area contributed by atoms with Crippen LogP contribution in [0.4, 0.5) is 13.2 Å². The van der Waals surface area contributed by atoms with Crippen LogP contribution in [0.2, 0.25) is 0 Å². The number of halogens is 3. The van der Waals surface area contributed by atoms with E-state index in [9.17, 15) is 21.6 Å². The first-order valence-corrected chi connectivity index (χ1v) is 7.95. The molecule has 1 N–H and O–H groups in total. The molecule has 0 saturated carbocycles. The molecular formula is C13H13F3N2O3S. The lowest BCUT2D eigenvalue weighted by Gasteiger charge is -2.13. The molecule has 1 aromatic rings. The van der Waals surface area contributed by atoms with Crippen LogP contribution >= 0.6 is 0 Å². The van der Waals surface area contributed by atoms with Gasteiger partial charge in [0.25, 0.3) is 0 Å². The molecule has 0 spiro atoms. The Morgan fingerprint density at radius 1 is 1.41 bits per heavy atom. The molecule has 0 amide bonds. The molecule has 1 heterocycles. The molecule has 0 unspecified atom stereocenters. The van der Waals surface area contributed by atoms with Crippen molar-refractivity contribution in [3.63, 3.8) is 0 Å². The third kappa shape index (κ3) is 3.76. The minimum Gasteiger partial charge on any atom is -0.377 e. The smallest absolute Gasteiger partial charge is 0.377 e. The summed E-state index contributed by atoms with van der Waals surface area (Å²) in [5.74, 6) is 0. The number of benzene rings is 1. The Morgan fingerprint density at radius 3 is 2.68 bits per heavy atom. The lowest BCUT2D eigenvalue weighted by molar-refractivity contribution is -0.137. The Kier molecular flexibility index (Phi) is 4.75. The van der Waals surface area contributed by atoms with E-state index in [0.717, 1.165) is 18.6 Å². The summed E-state index contributed by atoms with van der Waals surface area (Å²) in [6.07, 6.45) is -3.55. The number of alkyl halides is 3. The van der Waals surface area contributed by atoms with Crippen molar-refractivity contribution in [3.05, 3.63) is 29.3 Å². The summed E-state index contributed by atoms with van der Waals surface area (Å²) < 4.78 is 70.1. The van der Waals surface area contributed by atoms with Crippen LogP contribution in [0, 0.1) is 11.3 Å². The van der Waals surface area contributed by atoms with Gasteiger partial charge >= 0.3 is 6.18 Å². The molecule has 2 rings (SSSR count). The average molecular weight is 334 g/mol. The van der Waals surface area contributed by atoms with Crippen LogP contribution in [0.3, 0.4) is 0 Å². The van der Waals surface area contributed by atoms with E-state index in [4.69, 9.17) is 10.00 Å². The van der Waals surface area contributed by atoms with Crippen LogP contribution in [0.15, 0.2) is 23.1 Å². The summed E-state index contributed by atoms with van der Waals surface area (Å²) in [7, 11) is -4.09. The fraction of sp³-hybridized carbons (Fsp3) is 0.462. The highest BCUT2D eigenvalue weighted by Crippen LogP contribution is 2.33. The van der Waals surface area contributed by atoms with E-state index in [2.05, 4.69) is 4.72 Å². The fourth-order valence-corrected chi connectivity index (χ4v) is 3.21. The van der Waals surface area contributed by atoms with Crippen molar-refractivity contribution in [1.29, 1.82) is 5.26 Å². The molecule has 0 radical (unpaired) electrons. The maximum Gasteiger partial charge on any atom is 0.417 e. The molecule has 1 atom stereocenters. The summed E-state index contributed by atoms with van der Waals surface area (Å²) >= 11 is 0. The second-order valence-corrected chi connectivity index (χ2v) is 6.57. The predicted octanol–water partition coefficient (Wildman–Crippen LogP) is 2.03. The first kappa shape index (κ1) is 16.7. The first-order valence-electron chi connectivity index (χ1n) is 6.46. The monoisotopic (exact) mass is 334 g/mol. The van der Waals surface area contributed by atoms with Crippen LogP contribution in [0.25, 0.3) is 0 Å². The van der Waals surface area contributed by atoms with Crippen molar-refractivity contribution in [2.75, 3.05) is 13.2 Å². The predicted molar refractivity (Wildman–Crippen MR) is 70.3 cm³/mol. The maximum absolute atomic E-state index is 12.8. The molecule has 1 aliphatic heterocycles. The average Bonchev–Trinajstić information content (AvgIpc) is 2.97. The Labute approximate surface area is 125 Å². The molecule has 5 nitrogen and oxygen atoms in total. The molecule has 0 aliphatic carbocycles. The van der Waals surface area contributed by atoms with Crippen molar-refractivity contribution in [2.45, 2.75) is 30.0 Å². The molecule has 1 aromatic carbocycles. The normalized spacial score (nSPS) is 19.1. The topological polar surface area (TPSA) is 79.2 Å². The number of rotatable bonds is 4. The maximum atomic E-state index is 12.8. The SMILES string of the molecule is N#Cc1ccc(S(=O)(=O)NC[C@@H]2CCCO2)cc1C(F)(F)F. The Hall–Kier alpha value is -1.63. The van der Waals surface area contributed by atoms with Gasteiger partial charge in [0.2, 0.25) is 10.0 Å². The minimum absolute atomic E-state index is 0.00366. The van der Waals surface area contributed by atoms with Gasteiger partial charge in [-0.05, 0) is 31.0 Å². The number of nitrogens with zero attached hydrogens (tertiary/aromatic N) is 1. The number of ether oxygens (including phenoxy) is 1.